The van der Waals surface area contributed by atoms with Crippen molar-refractivity contribution in [2.45, 2.75) is 209 Å². The highest BCUT2D eigenvalue weighted by Crippen LogP contribution is 2.44. The predicted molar refractivity (Wildman–Crippen MR) is 245 cm³/mol. The van der Waals surface area contributed by atoms with E-state index >= 15 is 0 Å². The van der Waals surface area contributed by atoms with Gasteiger partial charge in [0.25, 0.3) is 0 Å². The highest BCUT2D eigenvalue weighted by Gasteiger charge is 2.49. The molecule has 0 fully saturated rings. The third kappa shape index (κ3) is 15.2. The van der Waals surface area contributed by atoms with E-state index in [-0.39, 0.29) is 57.7 Å². The van der Waals surface area contributed by atoms with E-state index in [1.807, 2.05) is 38.4 Å². The predicted octanol–water partition coefficient (Wildman–Crippen LogP) is 13.4. The molecule has 0 aliphatic heterocycles. The Balaban J connectivity index is 3.33. The number of carbonyl (C=O) groups is 1. The molecule has 0 bridgehead atoms. The van der Waals surface area contributed by atoms with Crippen molar-refractivity contribution in [3.8, 4) is 0 Å². The average molecular weight is 818 g/mol. The summed E-state index contributed by atoms with van der Waals surface area (Å²) in [6.45, 7) is 46.9. The van der Waals surface area contributed by atoms with Crippen molar-refractivity contribution in [1.82, 2.24) is 4.98 Å². The van der Waals surface area contributed by atoms with Gasteiger partial charge in [-0.1, -0.05) is 108 Å². The third-order valence-electron chi connectivity index (χ3n) is 13.5. The Bertz CT molecular complexity index is 1400. The molecule has 0 saturated carbocycles. The number of ketones is 1. The van der Waals surface area contributed by atoms with Crippen LogP contribution in [0.5, 0.6) is 0 Å². The van der Waals surface area contributed by atoms with E-state index in [2.05, 4.69) is 146 Å². The number of hydrogen-bond acceptors (Lipinski definition) is 6. The van der Waals surface area contributed by atoms with Crippen molar-refractivity contribution in [2.24, 2.45) is 17.3 Å². The lowest BCUT2D eigenvalue weighted by atomic mass is 9.73. The van der Waals surface area contributed by atoms with E-state index in [1.54, 1.807) is 0 Å². The van der Waals surface area contributed by atoms with E-state index in [0.717, 1.165) is 31.2 Å². The highest BCUT2D eigenvalue weighted by molar-refractivity contribution is 6.75. The molecule has 6 nitrogen and oxygen atoms in total. The number of allylic oxidation sites excluding steroid dienone is 1. The van der Waals surface area contributed by atoms with Crippen LogP contribution in [-0.2, 0) is 18.1 Å². The molecule has 1 aromatic heterocycles. The summed E-state index contributed by atoms with van der Waals surface area (Å²) in [5, 5.41) is 10.3. The van der Waals surface area contributed by atoms with Crippen molar-refractivity contribution < 1.29 is 23.2 Å². The number of pyridine rings is 1. The van der Waals surface area contributed by atoms with Gasteiger partial charge >= 0.3 is 0 Å². The molecule has 55 heavy (non-hydrogen) atoms. The first-order valence-corrected chi connectivity index (χ1v) is 29.9. The van der Waals surface area contributed by atoms with E-state index < -0.39 is 30.4 Å². The summed E-state index contributed by atoms with van der Waals surface area (Å²) in [7, 11) is -6.42. The molecule has 1 heterocycles. The number of aliphatic hydroxyl groups is 1. The smallest absolute Gasteiger partial charge is 0.192 e. The Labute approximate surface area is 343 Å². The zero-order valence-corrected chi connectivity index (χ0v) is 42.6. The van der Waals surface area contributed by atoms with E-state index in [0.29, 0.717) is 6.42 Å². The van der Waals surface area contributed by atoms with Crippen LogP contribution in [0, 0.1) is 17.3 Å². The van der Waals surface area contributed by atoms with Crippen LogP contribution in [0.1, 0.15) is 142 Å². The fourth-order valence-corrected chi connectivity index (χ4v) is 10.6. The fraction of sp³-hybridized carbons (Fsp3) is 0.783. The van der Waals surface area contributed by atoms with Crippen LogP contribution in [0.3, 0.4) is 0 Å². The second-order valence-corrected chi connectivity index (χ2v) is 36.1. The van der Waals surface area contributed by atoms with Crippen molar-refractivity contribution in [3.63, 3.8) is 0 Å². The van der Waals surface area contributed by atoms with E-state index in [1.165, 1.54) is 11.1 Å². The number of aromatic nitrogens is 1. The Kier molecular flexibility index (Phi) is 19.0. The summed E-state index contributed by atoms with van der Waals surface area (Å²) in [6.07, 6.45) is 12.0. The Morgan fingerprint density at radius 1 is 0.764 bits per heavy atom. The summed E-state index contributed by atoms with van der Waals surface area (Å²) >= 11 is 0. The molecule has 0 aliphatic rings. The normalized spacial score (nSPS) is 17.5. The molecule has 1 rings (SSSR count). The molecule has 1 aromatic rings. The van der Waals surface area contributed by atoms with Crippen LogP contribution in [0.2, 0.25) is 54.4 Å². The second kappa shape index (κ2) is 20.2. The Morgan fingerprint density at radius 2 is 1.24 bits per heavy atom. The summed E-state index contributed by atoms with van der Waals surface area (Å²) in [6, 6.07) is 4.09. The van der Waals surface area contributed by atoms with Gasteiger partial charge in [-0.2, -0.15) is 0 Å². The lowest BCUT2D eigenvalue weighted by Gasteiger charge is -2.46. The van der Waals surface area contributed by atoms with Gasteiger partial charge in [-0.25, -0.2) is 0 Å². The Hall–Kier alpha value is -1.21. The van der Waals surface area contributed by atoms with Gasteiger partial charge in [-0.3, -0.25) is 9.78 Å². The van der Waals surface area contributed by atoms with Gasteiger partial charge in [-0.05, 0) is 130 Å². The standard InChI is InChI=1S/C46H87NO5Si3/c1-34(25-26-39(50-53(16,17)43(5,6)7)36(3)33-38-27-30-47-31-28-38)23-22-24-35(2)41(52-55(20,21)45(11,12)13)37(4)42(49)46(14,15)40(29-32-48)51-54(18,19)44(8,9)10/h25,27-28,30-31,33,35,37,39-41,48H,22-24,26,29,32H2,1-21H3/b34-25+,36-33+/t35-,37+,39-,40-,41-/m0/s1. The van der Waals surface area contributed by atoms with E-state index in [9.17, 15) is 9.90 Å². The van der Waals surface area contributed by atoms with E-state index in [4.69, 9.17) is 13.3 Å². The van der Waals surface area contributed by atoms with Gasteiger partial charge < -0.3 is 18.4 Å². The maximum Gasteiger partial charge on any atom is 0.192 e. The van der Waals surface area contributed by atoms with Gasteiger partial charge in [0, 0.05) is 30.3 Å². The number of nitrogens with zero attached hydrogens (tertiary/aromatic N) is 1. The number of rotatable bonds is 21. The van der Waals surface area contributed by atoms with Crippen LogP contribution < -0.4 is 0 Å². The lowest BCUT2D eigenvalue weighted by Crippen LogP contribution is -2.54. The number of carbonyl (C=O) groups excluding carboxylic acids is 1. The summed E-state index contributed by atoms with van der Waals surface area (Å²) in [5.74, 6) is 0.0390. The molecule has 0 spiro atoms. The first-order valence-electron chi connectivity index (χ1n) is 21.1. The molecule has 0 radical (unpaired) electrons. The zero-order valence-electron chi connectivity index (χ0n) is 39.6. The summed E-state index contributed by atoms with van der Waals surface area (Å²) in [4.78, 5) is 18.9. The van der Waals surface area contributed by atoms with Gasteiger partial charge in [0.2, 0.25) is 0 Å². The molecule has 9 heteroatoms. The van der Waals surface area contributed by atoms with Crippen molar-refractivity contribution in [1.29, 1.82) is 0 Å². The second-order valence-electron chi connectivity index (χ2n) is 21.8. The Morgan fingerprint density at radius 3 is 1.71 bits per heavy atom. The van der Waals surface area contributed by atoms with Crippen LogP contribution in [-0.4, -0.2) is 65.7 Å². The molecule has 0 unspecified atom stereocenters. The fourth-order valence-electron chi connectivity index (χ4n) is 6.29. The third-order valence-corrected chi connectivity index (χ3v) is 27.0. The van der Waals surface area contributed by atoms with Gasteiger partial charge in [-0.15, -0.1) is 0 Å². The molecule has 0 aromatic carbocycles. The number of aliphatic hydroxyl groups excluding tert-OH is 1. The molecule has 0 aliphatic carbocycles. The SMILES string of the molecule is C/C(=C\C[C@H](O[Si](C)(C)C(C)(C)C)/C(C)=C/c1ccncc1)CCC[C@H](C)[C@H](O[Si](C)(C)C(C)(C)C)[C@@H](C)C(=O)C(C)(C)[C@H](CCO)O[Si](C)(C)C(C)(C)C. The zero-order chi connectivity index (χ0) is 43.0. The topological polar surface area (TPSA) is 77.9 Å². The minimum atomic E-state index is -2.21. The van der Waals surface area contributed by atoms with Crippen LogP contribution in [0.4, 0.5) is 0 Å². The van der Waals surface area contributed by atoms with Crippen LogP contribution in [0.15, 0.2) is 41.7 Å². The summed E-state index contributed by atoms with van der Waals surface area (Å²) in [5.41, 5.74) is 2.97. The molecular weight excluding hydrogens is 731 g/mol. The van der Waals surface area contributed by atoms with Gasteiger partial charge in [0.1, 0.15) is 5.78 Å². The average Bonchev–Trinajstić information content (AvgIpc) is 3.03. The number of Topliss-reactive ketones (excluding diaryl/α,β-unsaturated/α-hetero) is 1. The highest BCUT2D eigenvalue weighted by atomic mass is 28.4. The van der Waals surface area contributed by atoms with Crippen LogP contribution >= 0.6 is 0 Å². The number of hydrogen-bond donors (Lipinski definition) is 1. The largest absolute Gasteiger partial charge is 0.413 e. The molecule has 5 atom stereocenters. The van der Waals surface area contributed by atoms with Gasteiger partial charge in [0.05, 0.1) is 18.3 Å². The monoisotopic (exact) mass is 818 g/mol. The minimum absolute atomic E-state index is 0.00515. The maximum atomic E-state index is 14.7. The molecule has 1 N–H and O–H groups in total. The molecule has 318 valence electrons. The first kappa shape index (κ1) is 51.8. The lowest BCUT2D eigenvalue weighted by molar-refractivity contribution is -0.141. The summed E-state index contributed by atoms with van der Waals surface area (Å²) < 4.78 is 21.2. The van der Waals surface area contributed by atoms with Gasteiger partial charge in [0.15, 0.2) is 25.0 Å². The molecular formula is C46H87NO5Si3. The minimum Gasteiger partial charge on any atom is -0.413 e. The first-order chi connectivity index (χ1) is 24.7. The molecule has 0 amide bonds. The maximum absolute atomic E-state index is 14.7. The van der Waals surface area contributed by atoms with Crippen LogP contribution in [0.25, 0.3) is 6.08 Å². The quantitative estimate of drug-likeness (QED) is 0.0983. The van der Waals surface area contributed by atoms with Crippen molar-refractivity contribution >= 4 is 36.8 Å². The van der Waals surface area contributed by atoms with Crippen molar-refractivity contribution in [3.05, 3.63) is 47.3 Å². The molecule has 0 saturated heterocycles. The van der Waals surface area contributed by atoms with Crippen molar-refractivity contribution in [2.75, 3.05) is 6.61 Å².